The highest BCUT2D eigenvalue weighted by atomic mass is 16.5. The second-order valence-electron chi connectivity index (χ2n) is 2.65. The zero-order valence-corrected chi connectivity index (χ0v) is 8.10. The van der Waals surface area contributed by atoms with E-state index in [1.165, 1.54) is 0 Å². The van der Waals surface area contributed by atoms with E-state index in [-0.39, 0.29) is 0 Å². The summed E-state index contributed by atoms with van der Waals surface area (Å²) in [6.07, 6.45) is 8.26. The molecule has 72 valence electrons. The normalized spacial score (nSPS) is 10.8. The Morgan fingerprint density at radius 1 is 1.36 bits per heavy atom. The van der Waals surface area contributed by atoms with Gasteiger partial charge in [0.1, 0.15) is 5.76 Å². The monoisotopic (exact) mass is 188 g/mol. The fraction of sp³-hybridized carbons (Fsp3) is 0.0909. The van der Waals surface area contributed by atoms with Gasteiger partial charge in [0.25, 0.3) is 0 Å². The molecule has 1 rings (SSSR count). The summed E-state index contributed by atoms with van der Waals surface area (Å²) in [5.41, 5.74) is 0.991. The van der Waals surface area contributed by atoms with E-state index in [2.05, 4.69) is 23.1 Å². The lowest BCUT2D eigenvalue weighted by Gasteiger charge is -2.02. The zero-order chi connectivity index (χ0) is 10.4. The number of aromatic nitrogens is 2. The number of allylic oxidation sites excluding steroid dienone is 3. The molecule has 0 N–H and O–H groups in total. The molecule has 3 heteroatoms. The van der Waals surface area contributed by atoms with Gasteiger partial charge in [-0.25, -0.2) is 9.97 Å². The van der Waals surface area contributed by atoms with Crippen LogP contribution in [0.5, 0.6) is 6.01 Å². The molecule has 3 nitrogen and oxygen atoms in total. The third kappa shape index (κ3) is 2.86. The predicted molar refractivity (Wildman–Crippen MR) is 55.9 cm³/mol. The molecule has 1 aromatic rings. The Kier molecular flexibility index (Phi) is 3.61. The second kappa shape index (κ2) is 4.97. The van der Waals surface area contributed by atoms with Crippen molar-refractivity contribution in [2.75, 3.05) is 0 Å². The van der Waals surface area contributed by atoms with Gasteiger partial charge < -0.3 is 4.74 Å². The van der Waals surface area contributed by atoms with Crippen molar-refractivity contribution >= 4 is 0 Å². The van der Waals surface area contributed by atoms with Crippen molar-refractivity contribution in [3.8, 4) is 6.01 Å². The lowest BCUT2D eigenvalue weighted by molar-refractivity contribution is 0.407. The third-order valence-electron chi connectivity index (χ3n) is 1.45. The van der Waals surface area contributed by atoms with Crippen molar-refractivity contribution in [2.45, 2.75) is 6.92 Å². The second-order valence-corrected chi connectivity index (χ2v) is 2.65. The van der Waals surface area contributed by atoms with Gasteiger partial charge in [-0.1, -0.05) is 19.2 Å². The topological polar surface area (TPSA) is 35.0 Å². The van der Waals surface area contributed by atoms with Crippen LogP contribution in [-0.4, -0.2) is 9.97 Å². The maximum absolute atomic E-state index is 5.31. The number of rotatable bonds is 4. The minimum absolute atomic E-state index is 0.309. The first kappa shape index (κ1) is 10.2. The molecule has 0 aliphatic heterocycles. The molecule has 0 unspecified atom stereocenters. The van der Waals surface area contributed by atoms with E-state index in [1.807, 2.05) is 6.92 Å². The van der Waals surface area contributed by atoms with Crippen LogP contribution in [0.25, 0.3) is 0 Å². The predicted octanol–water partition coefficient (Wildman–Crippen LogP) is 2.42. The van der Waals surface area contributed by atoms with Crippen molar-refractivity contribution in [1.29, 1.82) is 0 Å². The zero-order valence-electron chi connectivity index (χ0n) is 8.10. The Bertz CT molecular complexity index is 352. The van der Waals surface area contributed by atoms with Crippen LogP contribution in [-0.2, 0) is 0 Å². The summed E-state index contributed by atoms with van der Waals surface area (Å²) in [6.45, 7) is 9.07. The summed E-state index contributed by atoms with van der Waals surface area (Å²) in [5.74, 6) is 0.573. The van der Waals surface area contributed by atoms with E-state index in [9.17, 15) is 0 Å². The Balaban J connectivity index is 2.77. The average Bonchev–Trinajstić information content (AvgIpc) is 2.20. The van der Waals surface area contributed by atoms with Crippen LogP contribution in [0, 0.1) is 6.92 Å². The van der Waals surface area contributed by atoms with Crippen molar-refractivity contribution in [1.82, 2.24) is 9.97 Å². The fourth-order valence-electron chi connectivity index (χ4n) is 0.799. The molecular formula is C11H12N2O. The van der Waals surface area contributed by atoms with E-state index in [0.717, 1.165) is 5.56 Å². The summed E-state index contributed by atoms with van der Waals surface area (Å²) in [6, 6.07) is 0.309. The van der Waals surface area contributed by atoms with Crippen LogP contribution < -0.4 is 4.74 Å². The SMILES string of the molecule is C=C/C=C(\C=C)Oc1ncc(C)cn1. The molecule has 0 atom stereocenters. The Hall–Kier alpha value is -1.90. The van der Waals surface area contributed by atoms with Crippen molar-refractivity contribution in [3.05, 3.63) is 55.1 Å². The first-order valence-electron chi connectivity index (χ1n) is 4.18. The highest BCUT2D eigenvalue weighted by Crippen LogP contribution is 2.07. The summed E-state index contributed by atoms with van der Waals surface area (Å²) < 4.78 is 5.31. The molecule has 0 spiro atoms. The molecule has 0 amide bonds. The van der Waals surface area contributed by atoms with Gasteiger partial charge in [0.15, 0.2) is 0 Å². The molecule has 0 aliphatic carbocycles. The molecule has 0 saturated heterocycles. The van der Waals surface area contributed by atoms with Crippen LogP contribution in [0.4, 0.5) is 0 Å². The molecule has 0 aromatic carbocycles. The minimum atomic E-state index is 0.309. The van der Waals surface area contributed by atoms with Gasteiger partial charge in [-0.2, -0.15) is 0 Å². The third-order valence-corrected chi connectivity index (χ3v) is 1.45. The first-order chi connectivity index (χ1) is 6.76. The van der Waals surface area contributed by atoms with Crippen molar-refractivity contribution < 1.29 is 4.74 Å². The van der Waals surface area contributed by atoms with Gasteiger partial charge in [0.05, 0.1) is 0 Å². The van der Waals surface area contributed by atoms with Crippen LogP contribution in [0.3, 0.4) is 0 Å². The van der Waals surface area contributed by atoms with Gasteiger partial charge in [-0.3, -0.25) is 0 Å². The first-order valence-corrected chi connectivity index (χ1v) is 4.18. The van der Waals surface area contributed by atoms with Crippen LogP contribution in [0.2, 0.25) is 0 Å². The van der Waals surface area contributed by atoms with Gasteiger partial charge in [0.2, 0.25) is 0 Å². The quantitative estimate of drug-likeness (QED) is 0.537. The maximum Gasteiger partial charge on any atom is 0.321 e. The van der Waals surface area contributed by atoms with E-state index in [4.69, 9.17) is 4.74 Å². The lowest BCUT2D eigenvalue weighted by Crippen LogP contribution is -1.96. The molecule has 0 bridgehead atoms. The fourth-order valence-corrected chi connectivity index (χ4v) is 0.799. The number of hydrogen-bond acceptors (Lipinski definition) is 3. The Morgan fingerprint density at radius 3 is 2.50 bits per heavy atom. The van der Waals surface area contributed by atoms with Crippen LogP contribution in [0.15, 0.2) is 49.5 Å². The maximum atomic E-state index is 5.31. The highest BCUT2D eigenvalue weighted by Gasteiger charge is 1.97. The molecule has 14 heavy (non-hydrogen) atoms. The molecule has 0 aliphatic rings. The summed E-state index contributed by atoms with van der Waals surface area (Å²) in [4.78, 5) is 7.98. The van der Waals surface area contributed by atoms with Crippen molar-refractivity contribution in [3.63, 3.8) is 0 Å². The average molecular weight is 188 g/mol. The number of aryl methyl sites for hydroxylation is 1. The van der Waals surface area contributed by atoms with Crippen LogP contribution in [0.1, 0.15) is 5.56 Å². The van der Waals surface area contributed by atoms with E-state index < -0.39 is 0 Å². The minimum Gasteiger partial charge on any atom is -0.424 e. The summed E-state index contributed by atoms with van der Waals surface area (Å²) >= 11 is 0. The Labute approximate surface area is 83.5 Å². The highest BCUT2D eigenvalue weighted by molar-refractivity contribution is 5.18. The summed E-state index contributed by atoms with van der Waals surface area (Å²) in [5, 5.41) is 0. The molecular weight excluding hydrogens is 176 g/mol. The number of hydrogen-bond donors (Lipinski definition) is 0. The molecule has 0 fully saturated rings. The molecule has 0 saturated carbocycles. The standard InChI is InChI=1S/C11H12N2O/c1-4-6-10(5-2)14-11-12-7-9(3)8-13-11/h4-8H,1-2H2,3H3/b10-6+. The smallest absolute Gasteiger partial charge is 0.321 e. The summed E-state index contributed by atoms with van der Waals surface area (Å²) in [7, 11) is 0. The van der Waals surface area contributed by atoms with E-state index in [1.54, 1.807) is 30.6 Å². The molecule has 1 heterocycles. The molecule has 0 radical (unpaired) electrons. The van der Waals surface area contributed by atoms with Gasteiger partial charge in [-0.05, 0) is 24.6 Å². The Morgan fingerprint density at radius 2 is 2.00 bits per heavy atom. The van der Waals surface area contributed by atoms with E-state index in [0.29, 0.717) is 11.8 Å². The van der Waals surface area contributed by atoms with Gasteiger partial charge >= 0.3 is 6.01 Å². The molecule has 1 aromatic heterocycles. The van der Waals surface area contributed by atoms with Gasteiger partial charge in [-0.15, -0.1) is 0 Å². The number of ether oxygens (including phenoxy) is 1. The van der Waals surface area contributed by atoms with Crippen LogP contribution >= 0.6 is 0 Å². The van der Waals surface area contributed by atoms with Crippen molar-refractivity contribution in [2.24, 2.45) is 0 Å². The number of nitrogens with zero attached hydrogens (tertiary/aromatic N) is 2. The lowest BCUT2D eigenvalue weighted by atomic mass is 10.4. The largest absolute Gasteiger partial charge is 0.424 e. The van der Waals surface area contributed by atoms with E-state index >= 15 is 0 Å². The van der Waals surface area contributed by atoms with Gasteiger partial charge in [0, 0.05) is 12.4 Å².